The number of nitrogens with zero attached hydrogens (tertiary/aromatic N) is 2. The highest BCUT2D eigenvalue weighted by atomic mass is 35.5. The van der Waals surface area contributed by atoms with Gasteiger partial charge in [0.15, 0.2) is 5.82 Å². The second kappa shape index (κ2) is 5.14. The average Bonchev–Trinajstić information content (AvgIpc) is 2.82. The Balaban J connectivity index is 1.84. The molecule has 0 unspecified atom stereocenters. The molecule has 106 valence electrons. The number of nitrogens with two attached hydrogens (primary N) is 1. The van der Waals surface area contributed by atoms with Crippen LogP contribution in [0.15, 0.2) is 22.7 Å². The first-order valence-electron chi connectivity index (χ1n) is 6.61. The van der Waals surface area contributed by atoms with Gasteiger partial charge >= 0.3 is 0 Å². The van der Waals surface area contributed by atoms with Gasteiger partial charge in [-0.25, -0.2) is 4.39 Å². The lowest BCUT2D eigenvalue weighted by molar-refractivity contribution is 0.181. The quantitative estimate of drug-likeness (QED) is 0.942. The van der Waals surface area contributed by atoms with Crippen LogP contribution in [0.2, 0.25) is 5.02 Å². The molecule has 0 bridgehead atoms. The summed E-state index contributed by atoms with van der Waals surface area (Å²) < 4.78 is 19.0. The fraction of sp³-hybridized carbons (Fsp3) is 0.429. The Morgan fingerprint density at radius 1 is 1.40 bits per heavy atom. The number of rotatable bonds is 4. The van der Waals surface area contributed by atoms with Crippen molar-refractivity contribution in [2.75, 3.05) is 6.54 Å². The smallest absolute Gasteiger partial charge is 0.234 e. The molecule has 20 heavy (non-hydrogen) atoms. The second-order valence-electron chi connectivity index (χ2n) is 5.23. The van der Waals surface area contributed by atoms with E-state index in [1.54, 1.807) is 12.1 Å². The van der Waals surface area contributed by atoms with Crippen molar-refractivity contribution in [2.45, 2.75) is 31.1 Å². The summed E-state index contributed by atoms with van der Waals surface area (Å²) in [5.41, 5.74) is 6.01. The van der Waals surface area contributed by atoms with Gasteiger partial charge in [-0.2, -0.15) is 4.98 Å². The molecule has 2 N–H and O–H groups in total. The van der Waals surface area contributed by atoms with Crippen LogP contribution in [0.25, 0.3) is 0 Å². The van der Waals surface area contributed by atoms with Crippen molar-refractivity contribution in [3.8, 4) is 0 Å². The molecule has 0 amide bonds. The fourth-order valence-electron chi connectivity index (χ4n) is 2.51. The van der Waals surface area contributed by atoms with Crippen LogP contribution >= 0.6 is 11.6 Å². The van der Waals surface area contributed by atoms with Crippen molar-refractivity contribution in [3.05, 3.63) is 46.3 Å². The minimum atomic E-state index is -0.360. The molecular formula is C14H15ClFN3O. The molecule has 1 aliphatic rings. The van der Waals surface area contributed by atoms with Crippen molar-refractivity contribution < 1.29 is 8.91 Å². The van der Waals surface area contributed by atoms with Gasteiger partial charge in [0.25, 0.3) is 0 Å². The Morgan fingerprint density at radius 3 is 2.80 bits per heavy atom. The zero-order valence-electron chi connectivity index (χ0n) is 10.9. The maximum Gasteiger partial charge on any atom is 0.234 e. The molecule has 2 aromatic rings. The third-order valence-corrected chi connectivity index (χ3v) is 4.37. The molecule has 1 saturated carbocycles. The van der Waals surface area contributed by atoms with Gasteiger partial charge in [-0.05, 0) is 25.0 Å². The first-order chi connectivity index (χ1) is 9.64. The fourth-order valence-corrected chi connectivity index (χ4v) is 2.74. The Bertz CT molecular complexity index is 599. The molecule has 1 heterocycles. The molecule has 6 heteroatoms. The molecule has 1 aromatic carbocycles. The van der Waals surface area contributed by atoms with Crippen molar-refractivity contribution in [1.29, 1.82) is 0 Å². The van der Waals surface area contributed by atoms with Gasteiger partial charge in [-0.15, -0.1) is 0 Å². The van der Waals surface area contributed by atoms with Crippen LogP contribution in [-0.2, 0) is 11.8 Å². The van der Waals surface area contributed by atoms with Crippen LogP contribution < -0.4 is 5.73 Å². The molecule has 3 rings (SSSR count). The summed E-state index contributed by atoms with van der Waals surface area (Å²) in [4.78, 5) is 4.37. The average molecular weight is 296 g/mol. The Kier molecular flexibility index (Phi) is 3.48. The first kappa shape index (κ1) is 13.5. The van der Waals surface area contributed by atoms with E-state index < -0.39 is 0 Å². The Morgan fingerprint density at radius 2 is 2.20 bits per heavy atom. The summed E-state index contributed by atoms with van der Waals surface area (Å²) in [7, 11) is 0. The van der Waals surface area contributed by atoms with E-state index in [1.807, 2.05) is 0 Å². The zero-order chi connectivity index (χ0) is 14.2. The van der Waals surface area contributed by atoms with Crippen LogP contribution in [0.3, 0.4) is 0 Å². The molecule has 4 nitrogen and oxygen atoms in total. The predicted molar refractivity (Wildman–Crippen MR) is 73.1 cm³/mol. The van der Waals surface area contributed by atoms with Crippen molar-refractivity contribution in [3.63, 3.8) is 0 Å². The molecule has 0 saturated heterocycles. The van der Waals surface area contributed by atoms with Crippen molar-refractivity contribution >= 4 is 11.6 Å². The van der Waals surface area contributed by atoms with E-state index in [0.717, 1.165) is 19.3 Å². The normalized spacial score (nSPS) is 16.9. The Hall–Kier alpha value is -1.46. The van der Waals surface area contributed by atoms with Gasteiger partial charge in [0, 0.05) is 23.6 Å². The first-order valence-corrected chi connectivity index (χ1v) is 6.98. The van der Waals surface area contributed by atoms with Gasteiger partial charge in [-0.1, -0.05) is 29.2 Å². The molecule has 0 aliphatic heterocycles. The van der Waals surface area contributed by atoms with Gasteiger partial charge < -0.3 is 10.3 Å². The van der Waals surface area contributed by atoms with Gasteiger partial charge in [0.1, 0.15) is 5.82 Å². The summed E-state index contributed by atoms with van der Waals surface area (Å²) in [5, 5.41) is 4.29. The van der Waals surface area contributed by atoms with E-state index in [2.05, 4.69) is 10.1 Å². The van der Waals surface area contributed by atoms with Gasteiger partial charge in [-0.3, -0.25) is 0 Å². The molecule has 0 atom stereocenters. The maximum atomic E-state index is 13.7. The standard InChI is InChI=1S/C14H15ClFN3O/c15-10-3-1-4-11(16)9(10)7-12-18-13(20-19-12)14(8-17)5-2-6-14/h1,3-4H,2,5-8,17H2. The van der Waals surface area contributed by atoms with Crippen molar-refractivity contribution in [1.82, 2.24) is 10.1 Å². The van der Waals surface area contributed by atoms with Crippen LogP contribution in [0.1, 0.15) is 36.5 Å². The van der Waals surface area contributed by atoms with Gasteiger partial charge in [0.05, 0.1) is 5.41 Å². The number of benzene rings is 1. The number of aromatic nitrogens is 2. The van der Waals surface area contributed by atoms with E-state index >= 15 is 0 Å². The van der Waals surface area contributed by atoms with E-state index in [9.17, 15) is 4.39 Å². The minimum Gasteiger partial charge on any atom is -0.339 e. The topological polar surface area (TPSA) is 64.9 Å². The Labute approximate surface area is 121 Å². The van der Waals surface area contributed by atoms with Gasteiger partial charge in [0.2, 0.25) is 5.89 Å². The SMILES string of the molecule is NCC1(c2nc(Cc3c(F)cccc3Cl)no2)CCC1. The number of halogens is 2. The molecule has 1 fully saturated rings. The molecular weight excluding hydrogens is 281 g/mol. The van der Waals surface area contributed by atoms with Crippen LogP contribution in [-0.4, -0.2) is 16.7 Å². The van der Waals surface area contributed by atoms with E-state index in [-0.39, 0.29) is 17.7 Å². The van der Waals surface area contributed by atoms with Crippen LogP contribution in [0.4, 0.5) is 4.39 Å². The maximum absolute atomic E-state index is 13.7. The molecule has 1 aliphatic carbocycles. The third kappa shape index (κ3) is 2.21. The number of hydrogen-bond donors (Lipinski definition) is 1. The molecule has 0 radical (unpaired) electrons. The summed E-state index contributed by atoms with van der Waals surface area (Å²) in [5.74, 6) is 0.640. The predicted octanol–water partition coefficient (Wildman–Crippen LogP) is 2.83. The number of hydrogen-bond acceptors (Lipinski definition) is 4. The molecule has 1 aromatic heterocycles. The largest absolute Gasteiger partial charge is 0.339 e. The highest BCUT2D eigenvalue weighted by Crippen LogP contribution is 2.42. The monoisotopic (exact) mass is 295 g/mol. The van der Waals surface area contributed by atoms with Crippen LogP contribution in [0, 0.1) is 5.82 Å². The second-order valence-corrected chi connectivity index (χ2v) is 5.64. The van der Waals surface area contributed by atoms with E-state index in [4.69, 9.17) is 21.9 Å². The third-order valence-electron chi connectivity index (χ3n) is 4.02. The van der Waals surface area contributed by atoms with E-state index in [1.165, 1.54) is 6.07 Å². The lowest BCUT2D eigenvalue weighted by Crippen LogP contribution is -2.41. The summed E-state index contributed by atoms with van der Waals surface area (Å²) in [6, 6.07) is 4.59. The highest BCUT2D eigenvalue weighted by Gasteiger charge is 2.42. The van der Waals surface area contributed by atoms with Crippen LogP contribution in [0.5, 0.6) is 0 Å². The zero-order valence-corrected chi connectivity index (χ0v) is 11.7. The van der Waals surface area contributed by atoms with E-state index in [0.29, 0.717) is 28.8 Å². The lowest BCUT2D eigenvalue weighted by atomic mass is 9.69. The van der Waals surface area contributed by atoms with Crippen molar-refractivity contribution in [2.24, 2.45) is 5.73 Å². The molecule has 0 spiro atoms. The highest BCUT2D eigenvalue weighted by molar-refractivity contribution is 6.31. The minimum absolute atomic E-state index is 0.176. The summed E-state index contributed by atoms with van der Waals surface area (Å²) >= 11 is 6.00. The summed E-state index contributed by atoms with van der Waals surface area (Å²) in [6.07, 6.45) is 3.26. The summed E-state index contributed by atoms with van der Waals surface area (Å²) in [6.45, 7) is 0.495. The lowest BCUT2D eigenvalue weighted by Gasteiger charge is -2.36.